The van der Waals surface area contributed by atoms with E-state index in [2.05, 4.69) is 40.8 Å². The number of likely N-dealkylation sites (tertiary alicyclic amines) is 1. The van der Waals surface area contributed by atoms with E-state index in [9.17, 15) is 9.90 Å². The number of hydrogen-bond donors (Lipinski definition) is 2. The van der Waals surface area contributed by atoms with E-state index < -0.39 is 0 Å². The normalized spacial score (nSPS) is 16.2. The molecule has 1 aliphatic rings. The molecule has 2 heterocycles. The molecule has 1 amide bonds. The highest BCUT2D eigenvalue weighted by atomic mass is 16.3. The number of aromatic nitrogens is 1. The minimum atomic E-state index is -0.00698. The summed E-state index contributed by atoms with van der Waals surface area (Å²) in [6, 6.07) is 11.4. The second-order valence-corrected chi connectivity index (χ2v) is 6.59. The van der Waals surface area contributed by atoms with E-state index in [1.165, 1.54) is 11.4 Å². The van der Waals surface area contributed by atoms with Gasteiger partial charge in [-0.2, -0.15) is 0 Å². The zero-order chi connectivity index (χ0) is 17.1. The van der Waals surface area contributed by atoms with E-state index in [1.54, 1.807) is 24.3 Å². The van der Waals surface area contributed by atoms with Gasteiger partial charge in [0, 0.05) is 36.2 Å². The number of rotatable bonds is 4. The molecule has 0 bridgehead atoms. The summed E-state index contributed by atoms with van der Waals surface area (Å²) in [6.45, 7) is 6.60. The van der Waals surface area contributed by atoms with Crippen molar-refractivity contribution < 1.29 is 9.90 Å². The number of anilines is 1. The molecule has 0 atom stereocenters. The van der Waals surface area contributed by atoms with Crippen LogP contribution in [0.1, 0.15) is 30.3 Å². The monoisotopic (exact) mass is 327 g/mol. The molecule has 0 unspecified atom stereocenters. The molecule has 0 spiro atoms. The van der Waals surface area contributed by atoms with E-state index in [4.69, 9.17) is 0 Å². The summed E-state index contributed by atoms with van der Waals surface area (Å²) in [5.41, 5.74) is 3.35. The first-order chi connectivity index (χ1) is 11.5. The molecular formula is C19H25N3O2. The molecule has 0 aliphatic carbocycles. The van der Waals surface area contributed by atoms with Crippen molar-refractivity contribution in [2.24, 2.45) is 0 Å². The summed E-state index contributed by atoms with van der Waals surface area (Å²) in [5, 5.41) is 12.1. The number of piperidine rings is 1. The van der Waals surface area contributed by atoms with Crippen molar-refractivity contribution in [3.8, 4) is 5.75 Å². The Morgan fingerprint density at radius 3 is 2.25 bits per heavy atom. The fraction of sp³-hybridized carbons (Fsp3) is 0.421. The molecular weight excluding hydrogens is 302 g/mol. The zero-order valence-corrected chi connectivity index (χ0v) is 14.3. The number of phenolic OH excluding ortho intramolecular Hbond substituents is 1. The average molecular weight is 327 g/mol. The summed E-state index contributed by atoms with van der Waals surface area (Å²) >= 11 is 0. The van der Waals surface area contributed by atoms with Gasteiger partial charge in [0.2, 0.25) is 5.91 Å². The molecule has 1 aromatic carbocycles. The van der Waals surface area contributed by atoms with Gasteiger partial charge in [0.25, 0.3) is 0 Å². The summed E-state index contributed by atoms with van der Waals surface area (Å²) in [4.78, 5) is 14.4. The highest BCUT2D eigenvalue weighted by Crippen LogP contribution is 2.26. The third kappa shape index (κ3) is 3.79. The fourth-order valence-corrected chi connectivity index (χ4v) is 3.54. The fourth-order valence-electron chi connectivity index (χ4n) is 3.54. The van der Waals surface area contributed by atoms with Gasteiger partial charge in [0.05, 0.1) is 6.54 Å². The summed E-state index contributed by atoms with van der Waals surface area (Å²) in [7, 11) is 0. The first kappa shape index (κ1) is 16.6. The van der Waals surface area contributed by atoms with Crippen molar-refractivity contribution >= 4 is 11.6 Å². The van der Waals surface area contributed by atoms with Gasteiger partial charge in [0.15, 0.2) is 0 Å². The molecule has 5 nitrogen and oxygen atoms in total. The molecule has 0 saturated carbocycles. The first-order valence-corrected chi connectivity index (χ1v) is 8.48. The Bertz CT molecular complexity index is 678. The van der Waals surface area contributed by atoms with Crippen LogP contribution in [0, 0.1) is 13.8 Å². The van der Waals surface area contributed by atoms with E-state index >= 15 is 0 Å². The lowest BCUT2D eigenvalue weighted by molar-refractivity contribution is -0.117. The first-order valence-electron chi connectivity index (χ1n) is 8.48. The number of carbonyl (C=O) groups is 1. The Morgan fingerprint density at radius 2 is 1.67 bits per heavy atom. The number of hydrogen-bond acceptors (Lipinski definition) is 3. The predicted molar refractivity (Wildman–Crippen MR) is 95.4 cm³/mol. The molecule has 0 radical (unpaired) electrons. The van der Waals surface area contributed by atoms with Crippen LogP contribution in [0.3, 0.4) is 0 Å². The zero-order valence-electron chi connectivity index (χ0n) is 14.3. The number of carbonyl (C=O) groups excluding carboxylic acids is 1. The van der Waals surface area contributed by atoms with Crippen LogP contribution in [-0.4, -0.2) is 40.1 Å². The van der Waals surface area contributed by atoms with Gasteiger partial charge < -0.3 is 15.0 Å². The standard InChI is InChI=1S/C19H25N3O2/c1-14-3-4-15(2)22(14)17-9-11-21(12-10-17)13-19(24)20-16-5-7-18(23)8-6-16/h3-8,17,23H,9-13H2,1-2H3,(H,20,24). The van der Waals surface area contributed by atoms with Gasteiger partial charge in [-0.1, -0.05) is 0 Å². The van der Waals surface area contributed by atoms with Crippen LogP contribution in [0.2, 0.25) is 0 Å². The lowest BCUT2D eigenvalue weighted by Gasteiger charge is -2.33. The second kappa shape index (κ2) is 7.09. The average Bonchev–Trinajstić information content (AvgIpc) is 2.89. The third-order valence-corrected chi connectivity index (χ3v) is 4.77. The molecule has 24 heavy (non-hydrogen) atoms. The van der Waals surface area contributed by atoms with Crippen LogP contribution >= 0.6 is 0 Å². The van der Waals surface area contributed by atoms with Crippen molar-refractivity contribution in [1.29, 1.82) is 0 Å². The lowest BCUT2D eigenvalue weighted by atomic mass is 10.0. The number of aromatic hydroxyl groups is 1. The Balaban J connectivity index is 1.50. The largest absolute Gasteiger partial charge is 0.508 e. The smallest absolute Gasteiger partial charge is 0.238 e. The molecule has 1 aliphatic heterocycles. The van der Waals surface area contributed by atoms with Crippen molar-refractivity contribution in [2.45, 2.75) is 32.7 Å². The molecule has 5 heteroatoms. The van der Waals surface area contributed by atoms with E-state index in [0.29, 0.717) is 18.3 Å². The van der Waals surface area contributed by atoms with Gasteiger partial charge in [-0.3, -0.25) is 9.69 Å². The maximum atomic E-state index is 12.2. The summed E-state index contributed by atoms with van der Waals surface area (Å²) in [6.07, 6.45) is 2.14. The van der Waals surface area contributed by atoms with Crippen molar-refractivity contribution in [3.63, 3.8) is 0 Å². The highest BCUT2D eigenvalue weighted by Gasteiger charge is 2.23. The molecule has 1 fully saturated rings. The minimum Gasteiger partial charge on any atom is -0.508 e. The summed E-state index contributed by atoms with van der Waals surface area (Å²) in [5.74, 6) is 0.193. The number of aryl methyl sites for hydroxylation is 2. The SMILES string of the molecule is Cc1ccc(C)n1C1CCN(CC(=O)Nc2ccc(O)cc2)CC1. The number of nitrogens with zero attached hydrogens (tertiary/aromatic N) is 2. The van der Waals surface area contributed by atoms with Crippen LogP contribution in [0.5, 0.6) is 5.75 Å². The molecule has 1 saturated heterocycles. The number of nitrogens with one attached hydrogen (secondary N) is 1. The molecule has 2 aromatic rings. The van der Waals surface area contributed by atoms with Crippen LogP contribution < -0.4 is 5.32 Å². The van der Waals surface area contributed by atoms with Crippen molar-refractivity contribution in [1.82, 2.24) is 9.47 Å². The van der Waals surface area contributed by atoms with Crippen molar-refractivity contribution in [3.05, 3.63) is 47.8 Å². The Hall–Kier alpha value is -2.27. The Labute approximate surface area is 142 Å². The number of phenols is 1. The van der Waals surface area contributed by atoms with Gasteiger partial charge >= 0.3 is 0 Å². The molecule has 3 rings (SSSR count). The van der Waals surface area contributed by atoms with E-state index in [-0.39, 0.29) is 11.7 Å². The Kier molecular flexibility index (Phi) is 4.90. The van der Waals surface area contributed by atoms with Crippen LogP contribution in [0.4, 0.5) is 5.69 Å². The minimum absolute atomic E-state index is 0.00698. The predicted octanol–water partition coefficient (Wildman–Crippen LogP) is 3.09. The molecule has 2 N–H and O–H groups in total. The van der Waals surface area contributed by atoms with Crippen LogP contribution in [-0.2, 0) is 4.79 Å². The molecule has 128 valence electrons. The number of amides is 1. The maximum Gasteiger partial charge on any atom is 0.238 e. The topological polar surface area (TPSA) is 57.5 Å². The van der Waals surface area contributed by atoms with Gasteiger partial charge in [-0.05, 0) is 63.1 Å². The lowest BCUT2D eigenvalue weighted by Crippen LogP contribution is -2.40. The maximum absolute atomic E-state index is 12.2. The highest BCUT2D eigenvalue weighted by molar-refractivity contribution is 5.92. The second-order valence-electron chi connectivity index (χ2n) is 6.59. The number of benzene rings is 1. The third-order valence-electron chi connectivity index (χ3n) is 4.77. The quantitative estimate of drug-likeness (QED) is 0.849. The summed E-state index contributed by atoms with van der Waals surface area (Å²) < 4.78 is 2.42. The Morgan fingerprint density at radius 1 is 1.08 bits per heavy atom. The van der Waals surface area contributed by atoms with Crippen LogP contribution in [0.15, 0.2) is 36.4 Å². The van der Waals surface area contributed by atoms with Gasteiger partial charge in [-0.25, -0.2) is 0 Å². The van der Waals surface area contributed by atoms with E-state index in [1.807, 2.05) is 0 Å². The van der Waals surface area contributed by atoms with Crippen molar-refractivity contribution in [2.75, 3.05) is 25.0 Å². The molecule has 1 aromatic heterocycles. The van der Waals surface area contributed by atoms with E-state index in [0.717, 1.165) is 25.9 Å². The van der Waals surface area contributed by atoms with Gasteiger partial charge in [-0.15, -0.1) is 0 Å². The van der Waals surface area contributed by atoms with Gasteiger partial charge in [0.1, 0.15) is 5.75 Å². The van der Waals surface area contributed by atoms with Crippen LogP contribution in [0.25, 0.3) is 0 Å².